The van der Waals surface area contributed by atoms with Crippen molar-refractivity contribution in [2.45, 2.75) is 58.5 Å². The number of allylic oxidation sites excluding steroid dienone is 1. The number of hydrogen-bond acceptors (Lipinski definition) is 4. The Morgan fingerprint density at radius 3 is 2.56 bits per heavy atom. The van der Waals surface area contributed by atoms with Crippen LogP contribution >= 0.6 is 0 Å². The van der Waals surface area contributed by atoms with Crippen molar-refractivity contribution in [2.24, 2.45) is 10.7 Å². The smallest absolute Gasteiger partial charge is 0.272 e. The topological polar surface area (TPSA) is 74.0 Å². The lowest BCUT2D eigenvalue weighted by Crippen LogP contribution is -2.48. The highest BCUT2D eigenvalue weighted by Gasteiger charge is 2.29. The van der Waals surface area contributed by atoms with E-state index < -0.39 is 0 Å². The number of nitrogens with two attached hydrogens (primary N) is 1. The van der Waals surface area contributed by atoms with E-state index in [1.165, 1.54) is 38.4 Å². The zero-order chi connectivity index (χ0) is 23.1. The van der Waals surface area contributed by atoms with Crippen LogP contribution in [0.4, 0.5) is 4.39 Å². The Hall–Kier alpha value is -2.67. The average Bonchev–Trinajstić information content (AvgIpc) is 2.83. The van der Waals surface area contributed by atoms with Gasteiger partial charge in [0.15, 0.2) is 0 Å². The molecule has 1 aromatic rings. The highest BCUT2D eigenvalue weighted by atomic mass is 19.1. The molecule has 0 bridgehead atoms. The third kappa shape index (κ3) is 5.97. The first-order valence-corrected chi connectivity index (χ1v) is 11.6. The summed E-state index contributed by atoms with van der Waals surface area (Å²) in [4.78, 5) is 21.9. The van der Waals surface area contributed by atoms with Gasteiger partial charge in [0.1, 0.15) is 11.5 Å². The molecule has 0 spiro atoms. The fourth-order valence-electron chi connectivity index (χ4n) is 4.56. The summed E-state index contributed by atoms with van der Waals surface area (Å²) in [6, 6.07) is 5.56. The van der Waals surface area contributed by atoms with Crippen LogP contribution in [0.25, 0.3) is 0 Å². The van der Waals surface area contributed by atoms with Gasteiger partial charge in [0, 0.05) is 36.9 Å². The van der Waals surface area contributed by atoms with E-state index in [2.05, 4.69) is 21.8 Å². The Morgan fingerprint density at radius 2 is 1.94 bits per heavy atom. The number of aliphatic imine (C=N–C) groups is 1. The molecule has 2 heterocycles. The van der Waals surface area contributed by atoms with Crippen molar-refractivity contribution in [3.63, 3.8) is 0 Å². The SMILES string of the molecule is C=C(NCc1ccc(F)c(C)c1)/C(C)=C(\N=CN)C(=O)N1CCC(N2CCCCC2)CC1. The van der Waals surface area contributed by atoms with Crippen molar-refractivity contribution in [3.8, 4) is 0 Å². The molecule has 174 valence electrons. The van der Waals surface area contributed by atoms with Crippen LogP contribution in [0.15, 0.2) is 46.7 Å². The fraction of sp³-hybridized carbons (Fsp3) is 0.520. The fourth-order valence-corrected chi connectivity index (χ4v) is 4.56. The van der Waals surface area contributed by atoms with Gasteiger partial charge in [-0.3, -0.25) is 4.79 Å². The Kier molecular flexibility index (Phi) is 8.45. The van der Waals surface area contributed by atoms with Crippen LogP contribution in [0.1, 0.15) is 50.2 Å². The predicted octanol–water partition coefficient (Wildman–Crippen LogP) is 3.48. The standard InChI is InChI=1S/C25H36FN5O/c1-18-15-21(7-8-23(18)26)16-28-20(3)19(2)24(29-17-27)25(32)31-13-9-22(10-14-31)30-11-5-4-6-12-30/h7-8,15,17,22,28H,3-6,9-14,16H2,1-2H3,(H2,27,29)/b24-19-. The lowest BCUT2D eigenvalue weighted by Gasteiger charge is -2.40. The molecule has 0 unspecified atom stereocenters. The number of nitrogens with zero attached hydrogens (tertiary/aromatic N) is 3. The van der Waals surface area contributed by atoms with Crippen molar-refractivity contribution >= 4 is 12.2 Å². The van der Waals surface area contributed by atoms with Gasteiger partial charge in [-0.2, -0.15) is 0 Å². The normalized spacial score (nSPS) is 19.2. The maximum Gasteiger partial charge on any atom is 0.272 e. The van der Waals surface area contributed by atoms with Gasteiger partial charge in [-0.1, -0.05) is 25.1 Å². The van der Waals surface area contributed by atoms with Crippen molar-refractivity contribution in [2.75, 3.05) is 26.2 Å². The third-order valence-corrected chi connectivity index (χ3v) is 6.60. The maximum atomic E-state index is 13.5. The average molecular weight is 442 g/mol. The molecular weight excluding hydrogens is 405 g/mol. The molecule has 2 aliphatic heterocycles. The number of benzene rings is 1. The summed E-state index contributed by atoms with van der Waals surface area (Å²) in [6.07, 6.45) is 7.04. The Balaban J connectivity index is 1.62. The molecule has 1 amide bonds. The minimum Gasteiger partial charge on any atom is -0.390 e. The highest BCUT2D eigenvalue weighted by Crippen LogP contribution is 2.23. The molecule has 32 heavy (non-hydrogen) atoms. The number of hydrogen-bond donors (Lipinski definition) is 2. The first-order valence-electron chi connectivity index (χ1n) is 11.6. The second-order valence-corrected chi connectivity index (χ2v) is 8.79. The Labute approximate surface area is 191 Å². The number of halogens is 1. The van der Waals surface area contributed by atoms with Gasteiger partial charge < -0.3 is 20.9 Å². The third-order valence-electron chi connectivity index (χ3n) is 6.60. The van der Waals surface area contributed by atoms with Crippen molar-refractivity contribution < 1.29 is 9.18 Å². The maximum absolute atomic E-state index is 13.5. The molecule has 0 aromatic heterocycles. The monoisotopic (exact) mass is 441 g/mol. The molecule has 2 aliphatic rings. The van der Waals surface area contributed by atoms with Crippen LogP contribution in [0.5, 0.6) is 0 Å². The van der Waals surface area contributed by atoms with E-state index in [9.17, 15) is 9.18 Å². The number of amides is 1. The number of carbonyl (C=O) groups is 1. The van der Waals surface area contributed by atoms with Gasteiger partial charge in [0.2, 0.25) is 0 Å². The van der Waals surface area contributed by atoms with Crippen LogP contribution in [-0.4, -0.2) is 54.3 Å². The summed E-state index contributed by atoms with van der Waals surface area (Å²) in [5.41, 5.74) is 8.67. The van der Waals surface area contributed by atoms with Gasteiger partial charge in [-0.15, -0.1) is 0 Å². The summed E-state index contributed by atoms with van der Waals surface area (Å²) in [5.74, 6) is -0.334. The zero-order valence-corrected chi connectivity index (χ0v) is 19.4. The molecule has 2 fully saturated rings. The van der Waals surface area contributed by atoms with Crippen LogP contribution in [0.3, 0.4) is 0 Å². The van der Waals surface area contributed by atoms with Gasteiger partial charge in [0.05, 0.1) is 6.34 Å². The van der Waals surface area contributed by atoms with Crippen LogP contribution < -0.4 is 11.1 Å². The molecule has 6 nitrogen and oxygen atoms in total. The van der Waals surface area contributed by atoms with E-state index in [1.54, 1.807) is 19.1 Å². The molecular formula is C25H36FN5O. The van der Waals surface area contributed by atoms with Crippen LogP contribution in [0.2, 0.25) is 0 Å². The van der Waals surface area contributed by atoms with Gasteiger partial charge >= 0.3 is 0 Å². The number of piperidine rings is 2. The number of rotatable bonds is 7. The quantitative estimate of drug-likeness (QED) is 0.294. The molecule has 0 atom stereocenters. The first kappa shape index (κ1) is 24.0. The van der Waals surface area contributed by atoms with Gasteiger partial charge in [0.25, 0.3) is 5.91 Å². The summed E-state index contributed by atoms with van der Waals surface area (Å²) >= 11 is 0. The summed E-state index contributed by atoms with van der Waals surface area (Å²) < 4.78 is 13.5. The Bertz CT molecular complexity index is 880. The molecule has 3 N–H and O–H groups in total. The van der Waals surface area contributed by atoms with Gasteiger partial charge in [-0.05, 0) is 69.8 Å². The predicted molar refractivity (Wildman–Crippen MR) is 128 cm³/mol. The van der Waals surface area contributed by atoms with E-state index in [-0.39, 0.29) is 11.7 Å². The minimum absolute atomic E-state index is 0.109. The lowest BCUT2D eigenvalue weighted by atomic mass is 9.99. The number of carbonyl (C=O) groups excluding carboxylic acids is 1. The molecule has 7 heteroatoms. The molecule has 3 rings (SSSR count). The summed E-state index contributed by atoms with van der Waals surface area (Å²) in [6.45, 7) is 11.9. The van der Waals surface area contributed by atoms with Gasteiger partial charge in [-0.25, -0.2) is 9.38 Å². The van der Waals surface area contributed by atoms with E-state index in [0.29, 0.717) is 35.1 Å². The van der Waals surface area contributed by atoms with Crippen molar-refractivity contribution in [1.29, 1.82) is 0 Å². The summed E-state index contributed by atoms with van der Waals surface area (Å²) in [5, 5.41) is 3.23. The molecule has 0 aliphatic carbocycles. The highest BCUT2D eigenvalue weighted by molar-refractivity contribution is 5.95. The second kappa shape index (κ2) is 11.3. The van der Waals surface area contributed by atoms with E-state index in [0.717, 1.165) is 37.8 Å². The van der Waals surface area contributed by atoms with Crippen LogP contribution in [0, 0.1) is 12.7 Å². The zero-order valence-electron chi connectivity index (χ0n) is 19.4. The van der Waals surface area contributed by atoms with E-state index in [1.807, 2.05) is 11.8 Å². The molecule has 0 saturated carbocycles. The molecule has 1 aromatic carbocycles. The second-order valence-electron chi connectivity index (χ2n) is 8.79. The van der Waals surface area contributed by atoms with E-state index >= 15 is 0 Å². The largest absolute Gasteiger partial charge is 0.390 e. The summed E-state index contributed by atoms with van der Waals surface area (Å²) in [7, 11) is 0. The van der Waals surface area contributed by atoms with Crippen molar-refractivity contribution in [1.82, 2.24) is 15.1 Å². The lowest BCUT2D eigenvalue weighted by molar-refractivity contribution is -0.128. The minimum atomic E-state index is -0.224. The number of likely N-dealkylation sites (tertiary alicyclic amines) is 2. The van der Waals surface area contributed by atoms with E-state index in [4.69, 9.17) is 5.73 Å². The van der Waals surface area contributed by atoms with Crippen LogP contribution in [-0.2, 0) is 11.3 Å². The van der Waals surface area contributed by atoms with Crippen molar-refractivity contribution in [3.05, 3.63) is 58.7 Å². The Morgan fingerprint density at radius 1 is 1.25 bits per heavy atom. The molecule has 0 radical (unpaired) electrons. The number of aryl methyl sites for hydroxylation is 1. The first-order chi connectivity index (χ1) is 15.4. The molecule has 2 saturated heterocycles. The number of nitrogens with one attached hydrogen (secondary N) is 1.